The van der Waals surface area contributed by atoms with Crippen LogP contribution in [0.4, 0.5) is 0 Å². The molecule has 11 heavy (non-hydrogen) atoms. The van der Waals surface area contributed by atoms with E-state index in [1.165, 1.54) is 44.9 Å². The van der Waals surface area contributed by atoms with Gasteiger partial charge in [-0.2, -0.15) is 0 Å². The monoisotopic (exact) mass is 154 g/mol. The minimum atomic E-state index is 0.914. The molecule has 0 heteroatoms. The molecule has 0 aromatic heterocycles. The second-order valence-corrected chi connectivity index (χ2v) is 4.48. The summed E-state index contributed by atoms with van der Waals surface area (Å²) >= 11 is 0. The summed E-state index contributed by atoms with van der Waals surface area (Å²) in [5, 5.41) is 0. The summed E-state index contributed by atoms with van der Waals surface area (Å²) in [5.74, 6) is 2.00. The molecule has 1 aliphatic rings. The molecule has 0 aromatic carbocycles. The van der Waals surface area contributed by atoms with E-state index >= 15 is 0 Å². The van der Waals surface area contributed by atoms with Crippen LogP contribution in [0.1, 0.15) is 58.8 Å². The van der Waals surface area contributed by atoms with Crippen molar-refractivity contribution in [1.29, 1.82) is 0 Å². The van der Waals surface area contributed by atoms with Gasteiger partial charge in [-0.3, -0.25) is 0 Å². The largest absolute Gasteiger partial charge is 0.0628 e. The van der Waals surface area contributed by atoms with Gasteiger partial charge in [0.15, 0.2) is 0 Å². The lowest BCUT2D eigenvalue weighted by atomic mass is 9.85. The van der Waals surface area contributed by atoms with Gasteiger partial charge in [0.05, 0.1) is 0 Å². The Balaban J connectivity index is 2.05. The third kappa shape index (κ3) is 3.79. The van der Waals surface area contributed by atoms with Gasteiger partial charge in [-0.25, -0.2) is 0 Å². The molecule has 1 fully saturated rings. The standard InChI is InChI=1S/C11H22/c1-10(2)8-9-11-6-4-3-5-7-11/h10-11H,3-9H2,1-2H3. The quantitative estimate of drug-likeness (QED) is 0.576. The number of hydrogen-bond donors (Lipinski definition) is 0. The molecular formula is C11H22. The maximum atomic E-state index is 2.34. The average Bonchev–Trinajstić information content (AvgIpc) is 2.03. The highest BCUT2D eigenvalue weighted by molar-refractivity contribution is 4.66. The summed E-state index contributed by atoms with van der Waals surface area (Å²) in [6, 6.07) is 0. The van der Waals surface area contributed by atoms with E-state index in [9.17, 15) is 0 Å². The molecule has 0 unspecified atom stereocenters. The lowest BCUT2D eigenvalue weighted by Crippen LogP contribution is -2.06. The predicted octanol–water partition coefficient (Wildman–Crippen LogP) is 4.00. The van der Waals surface area contributed by atoms with Crippen LogP contribution in [-0.2, 0) is 0 Å². The molecule has 0 aromatic rings. The molecule has 1 aliphatic carbocycles. The summed E-state index contributed by atoms with van der Waals surface area (Å²) in [4.78, 5) is 0. The summed E-state index contributed by atoms with van der Waals surface area (Å²) in [7, 11) is 0. The Morgan fingerprint density at radius 1 is 1.09 bits per heavy atom. The summed E-state index contributed by atoms with van der Waals surface area (Å²) in [6.07, 6.45) is 10.5. The van der Waals surface area contributed by atoms with E-state index in [1.807, 2.05) is 0 Å². The maximum Gasteiger partial charge on any atom is -0.0414 e. The van der Waals surface area contributed by atoms with Crippen molar-refractivity contribution in [3.05, 3.63) is 0 Å². The van der Waals surface area contributed by atoms with Gasteiger partial charge in [0.25, 0.3) is 0 Å². The van der Waals surface area contributed by atoms with Gasteiger partial charge in [0.2, 0.25) is 0 Å². The Hall–Kier alpha value is 0. The van der Waals surface area contributed by atoms with Crippen molar-refractivity contribution in [1.82, 2.24) is 0 Å². The highest BCUT2D eigenvalue weighted by Crippen LogP contribution is 2.28. The van der Waals surface area contributed by atoms with E-state index in [2.05, 4.69) is 13.8 Å². The van der Waals surface area contributed by atoms with Crippen LogP contribution < -0.4 is 0 Å². The first kappa shape index (κ1) is 9.09. The van der Waals surface area contributed by atoms with Crippen molar-refractivity contribution in [2.45, 2.75) is 58.8 Å². The Morgan fingerprint density at radius 3 is 2.27 bits per heavy atom. The summed E-state index contributed by atoms with van der Waals surface area (Å²) in [6.45, 7) is 4.67. The third-order valence-corrected chi connectivity index (χ3v) is 2.88. The Morgan fingerprint density at radius 2 is 1.73 bits per heavy atom. The van der Waals surface area contributed by atoms with E-state index in [0.29, 0.717) is 0 Å². The van der Waals surface area contributed by atoms with Crippen molar-refractivity contribution >= 4 is 0 Å². The Kier molecular flexibility index (Phi) is 3.96. The fourth-order valence-corrected chi connectivity index (χ4v) is 2.04. The minimum absolute atomic E-state index is 0.914. The molecule has 1 rings (SSSR count). The maximum absolute atomic E-state index is 2.34. The van der Waals surface area contributed by atoms with E-state index in [0.717, 1.165) is 11.8 Å². The summed E-state index contributed by atoms with van der Waals surface area (Å²) in [5.41, 5.74) is 0. The van der Waals surface area contributed by atoms with E-state index in [1.54, 1.807) is 0 Å². The highest BCUT2D eigenvalue weighted by atomic mass is 14.2. The van der Waals surface area contributed by atoms with Crippen LogP contribution in [0.5, 0.6) is 0 Å². The van der Waals surface area contributed by atoms with Crippen LogP contribution in [0.3, 0.4) is 0 Å². The van der Waals surface area contributed by atoms with Crippen LogP contribution in [0.25, 0.3) is 0 Å². The minimum Gasteiger partial charge on any atom is -0.0628 e. The second-order valence-electron chi connectivity index (χ2n) is 4.48. The van der Waals surface area contributed by atoms with Gasteiger partial charge in [-0.05, 0) is 11.8 Å². The molecule has 66 valence electrons. The van der Waals surface area contributed by atoms with Gasteiger partial charge < -0.3 is 0 Å². The second kappa shape index (κ2) is 4.79. The molecule has 0 N–H and O–H groups in total. The highest BCUT2D eigenvalue weighted by Gasteiger charge is 2.12. The molecule has 0 radical (unpaired) electrons. The molecule has 0 nitrogen and oxygen atoms in total. The van der Waals surface area contributed by atoms with Gasteiger partial charge >= 0.3 is 0 Å². The molecule has 1 saturated carbocycles. The zero-order chi connectivity index (χ0) is 8.10. The number of rotatable bonds is 3. The smallest absolute Gasteiger partial charge is 0.0414 e. The lowest BCUT2D eigenvalue weighted by molar-refractivity contribution is 0.317. The zero-order valence-electron chi connectivity index (χ0n) is 8.10. The molecule has 0 aliphatic heterocycles. The molecule has 0 amide bonds. The fourth-order valence-electron chi connectivity index (χ4n) is 2.04. The first-order chi connectivity index (χ1) is 5.29. The molecular weight excluding hydrogens is 132 g/mol. The summed E-state index contributed by atoms with van der Waals surface area (Å²) < 4.78 is 0. The van der Waals surface area contributed by atoms with E-state index < -0.39 is 0 Å². The molecule has 0 spiro atoms. The van der Waals surface area contributed by atoms with Crippen LogP contribution in [0, 0.1) is 11.8 Å². The van der Waals surface area contributed by atoms with Gasteiger partial charge in [0, 0.05) is 0 Å². The van der Waals surface area contributed by atoms with E-state index in [-0.39, 0.29) is 0 Å². The first-order valence-electron chi connectivity index (χ1n) is 5.29. The van der Waals surface area contributed by atoms with Crippen LogP contribution in [0.2, 0.25) is 0 Å². The van der Waals surface area contributed by atoms with Crippen LogP contribution in [0.15, 0.2) is 0 Å². The van der Waals surface area contributed by atoms with Crippen LogP contribution in [-0.4, -0.2) is 0 Å². The van der Waals surface area contributed by atoms with Gasteiger partial charge in [0.1, 0.15) is 0 Å². The fraction of sp³-hybridized carbons (Fsp3) is 1.00. The zero-order valence-corrected chi connectivity index (χ0v) is 8.10. The average molecular weight is 154 g/mol. The first-order valence-corrected chi connectivity index (χ1v) is 5.29. The van der Waals surface area contributed by atoms with Crippen LogP contribution >= 0.6 is 0 Å². The van der Waals surface area contributed by atoms with Crippen molar-refractivity contribution in [3.63, 3.8) is 0 Å². The van der Waals surface area contributed by atoms with Crippen molar-refractivity contribution in [3.8, 4) is 0 Å². The van der Waals surface area contributed by atoms with Gasteiger partial charge in [-0.1, -0.05) is 58.8 Å². The normalized spacial score (nSPS) is 21.0. The number of hydrogen-bond acceptors (Lipinski definition) is 0. The Labute approximate surface area is 71.4 Å². The Bertz CT molecular complexity index is 88.2. The van der Waals surface area contributed by atoms with Crippen molar-refractivity contribution in [2.24, 2.45) is 11.8 Å². The topological polar surface area (TPSA) is 0 Å². The molecule has 0 heterocycles. The lowest BCUT2D eigenvalue weighted by Gasteiger charge is -2.21. The predicted molar refractivity (Wildman–Crippen MR) is 50.6 cm³/mol. The molecule has 0 saturated heterocycles. The molecule has 0 atom stereocenters. The van der Waals surface area contributed by atoms with E-state index in [4.69, 9.17) is 0 Å². The SMILES string of the molecule is CC(C)CCC1CCCCC1. The third-order valence-electron chi connectivity index (χ3n) is 2.88. The van der Waals surface area contributed by atoms with Crippen molar-refractivity contribution in [2.75, 3.05) is 0 Å². The van der Waals surface area contributed by atoms with Crippen molar-refractivity contribution < 1.29 is 0 Å². The van der Waals surface area contributed by atoms with Gasteiger partial charge in [-0.15, -0.1) is 0 Å². The molecule has 0 bridgehead atoms.